The maximum atomic E-state index is 11.1. The van der Waals surface area contributed by atoms with E-state index in [4.69, 9.17) is 9.84 Å². The van der Waals surface area contributed by atoms with Crippen LogP contribution in [-0.2, 0) is 14.3 Å². The molecule has 0 aromatic heterocycles. The normalized spacial score (nSPS) is 12.5. The highest BCUT2D eigenvalue weighted by atomic mass is 127. The number of halogens is 1. The first kappa shape index (κ1) is 18.0. The molecule has 6 heteroatoms. The van der Waals surface area contributed by atoms with Crippen LogP contribution in [0.25, 0.3) is 0 Å². The number of hydrogen-bond donors (Lipinski definition) is 1. The van der Waals surface area contributed by atoms with Crippen LogP contribution in [0, 0.1) is 0 Å². The summed E-state index contributed by atoms with van der Waals surface area (Å²) < 4.78 is 5.62. The van der Waals surface area contributed by atoms with Crippen LogP contribution >= 0.6 is 0 Å². The predicted molar refractivity (Wildman–Crippen MR) is 55.3 cm³/mol. The number of carboxylic acids is 1. The molecule has 0 aromatic rings. The van der Waals surface area contributed by atoms with Crippen molar-refractivity contribution in [1.29, 1.82) is 0 Å². The number of carboxylic acid groups (broad SMARTS) is 1. The van der Waals surface area contributed by atoms with Crippen LogP contribution in [0.3, 0.4) is 0 Å². The zero-order valence-corrected chi connectivity index (χ0v) is 12.4. The van der Waals surface area contributed by atoms with Crippen LogP contribution in [0.2, 0.25) is 0 Å². The van der Waals surface area contributed by atoms with Gasteiger partial charge >= 0.3 is 11.9 Å². The van der Waals surface area contributed by atoms with Gasteiger partial charge < -0.3 is 38.3 Å². The molecule has 0 amide bonds. The molecule has 0 aliphatic carbocycles. The van der Waals surface area contributed by atoms with E-state index in [1.807, 2.05) is 21.1 Å². The van der Waals surface area contributed by atoms with Crippen molar-refractivity contribution in [2.45, 2.75) is 25.9 Å². The summed E-state index contributed by atoms with van der Waals surface area (Å²) in [5.41, 5.74) is 0. The number of nitrogens with zero attached hydrogens (tertiary/aromatic N) is 1. The lowest BCUT2D eigenvalue weighted by Gasteiger charge is -2.28. The Morgan fingerprint density at radius 3 is 2.12 bits per heavy atom. The third kappa shape index (κ3) is 10.2. The minimum atomic E-state index is -0.947. The molecule has 0 rings (SSSR count). The van der Waals surface area contributed by atoms with Crippen molar-refractivity contribution in [3.05, 3.63) is 0 Å². The number of carbonyl (C=O) groups is 2. The largest absolute Gasteiger partial charge is 1.00 e. The molecule has 0 unspecified atom stereocenters. The third-order valence-electron chi connectivity index (χ3n) is 1.74. The monoisotopic (exact) mass is 345 g/mol. The Morgan fingerprint density at radius 1 is 1.31 bits per heavy atom. The van der Waals surface area contributed by atoms with Gasteiger partial charge in [-0.25, -0.2) is 0 Å². The lowest BCUT2D eigenvalue weighted by atomic mass is 10.2. The maximum absolute atomic E-state index is 11.1. The number of ether oxygens (including phenoxy) is 1. The average Bonchev–Trinajstić information content (AvgIpc) is 1.99. The summed E-state index contributed by atoms with van der Waals surface area (Å²) in [5.74, 6) is -1.30. The quantitative estimate of drug-likeness (QED) is 0.328. The molecule has 0 heterocycles. The molecular formula is C10H20INO4. The van der Waals surface area contributed by atoms with Crippen LogP contribution in [-0.4, -0.2) is 55.3 Å². The lowest BCUT2D eigenvalue weighted by molar-refractivity contribution is -0.873. The molecule has 0 saturated carbocycles. The van der Waals surface area contributed by atoms with E-state index in [1.165, 1.54) is 0 Å². The van der Waals surface area contributed by atoms with Crippen LogP contribution in [0.4, 0.5) is 0 Å². The zero-order valence-electron chi connectivity index (χ0n) is 10.2. The molecule has 0 fully saturated rings. The third-order valence-corrected chi connectivity index (χ3v) is 1.74. The SMILES string of the molecule is CCC(=O)O[C@H](CC(=O)O)C[N+](C)(C)C.[I-]. The molecule has 0 aliphatic rings. The first-order chi connectivity index (χ1) is 6.74. The van der Waals surface area contributed by atoms with Crippen LogP contribution < -0.4 is 24.0 Å². The smallest absolute Gasteiger partial charge is 0.307 e. The maximum Gasteiger partial charge on any atom is 0.307 e. The lowest BCUT2D eigenvalue weighted by Crippen LogP contribution is -3.00. The molecule has 96 valence electrons. The minimum absolute atomic E-state index is 0. The van der Waals surface area contributed by atoms with E-state index in [9.17, 15) is 9.59 Å². The Balaban J connectivity index is 0. The molecule has 0 radical (unpaired) electrons. The van der Waals surface area contributed by atoms with Crippen molar-refractivity contribution in [3.8, 4) is 0 Å². The van der Waals surface area contributed by atoms with Gasteiger partial charge in [-0.1, -0.05) is 6.92 Å². The Hall–Kier alpha value is -0.370. The second-order valence-corrected chi connectivity index (χ2v) is 4.54. The van der Waals surface area contributed by atoms with E-state index in [2.05, 4.69) is 0 Å². The second-order valence-electron chi connectivity index (χ2n) is 4.54. The number of hydrogen-bond acceptors (Lipinski definition) is 3. The van der Waals surface area contributed by atoms with E-state index in [0.29, 0.717) is 11.0 Å². The molecule has 0 aliphatic heterocycles. The number of rotatable bonds is 6. The Morgan fingerprint density at radius 2 is 1.81 bits per heavy atom. The fourth-order valence-corrected chi connectivity index (χ4v) is 1.22. The van der Waals surface area contributed by atoms with E-state index < -0.39 is 12.1 Å². The summed E-state index contributed by atoms with van der Waals surface area (Å²) in [4.78, 5) is 21.6. The molecule has 0 saturated heterocycles. The van der Waals surface area contributed by atoms with Crippen molar-refractivity contribution >= 4 is 11.9 Å². The highest BCUT2D eigenvalue weighted by Crippen LogP contribution is 2.06. The van der Waals surface area contributed by atoms with Gasteiger partial charge in [0.15, 0.2) is 6.10 Å². The number of likely N-dealkylation sites (N-methyl/N-ethyl adjacent to an activating group) is 1. The van der Waals surface area contributed by atoms with Crippen molar-refractivity contribution in [2.75, 3.05) is 27.7 Å². The highest BCUT2D eigenvalue weighted by Gasteiger charge is 2.23. The minimum Gasteiger partial charge on any atom is -1.00 e. The molecule has 1 atom stereocenters. The summed E-state index contributed by atoms with van der Waals surface area (Å²) in [6.07, 6.45) is -0.413. The molecular weight excluding hydrogens is 325 g/mol. The van der Waals surface area contributed by atoms with Crippen molar-refractivity contribution < 1.29 is 47.9 Å². The summed E-state index contributed by atoms with van der Waals surface area (Å²) in [5, 5.41) is 8.67. The van der Waals surface area contributed by atoms with Gasteiger partial charge in [0, 0.05) is 6.42 Å². The first-order valence-corrected chi connectivity index (χ1v) is 4.96. The zero-order chi connectivity index (χ0) is 12.1. The fraction of sp³-hybridized carbons (Fsp3) is 0.800. The van der Waals surface area contributed by atoms with E-state index in [0.717, 1.165) is 0 Å². The number of esters is 1. The number of quaternary nitrogens is 1. The van der Waals surface area contributed by atoms with Crippen molar-refractivity contribution in [2.24, 2.45) is 0 Å². The Labute approximate surface area is 113 Å². The van der Waals surface area contributed by atoms with Gasteiger partial charge in [0.1, 0.15) is 6.54 Å². The number of carbonyl (C=O) groups excluding carboxylic acids is 1. The van der Waals surface area contributed by atoms with E-state index >= 15 is 0 Å². The Kier molecular flexibility index (Phi) is 8.81. The molecule has 0 spiro atoms. The van der Waals surface area contributed by atoms with Gasteiger partial charge in [-0.15, -0.1) is 0 Å². The molecule has 1 N–H and O–H groups in total. The van der Waals surface area contributed by atoms with Crippen LogP contribution in [0.1, 0.15) is 19.8 Å². The molecule has 0 bridgehead atoms. The highest BCUT2D eigenvalue weighted by molar-refractivity contribution is 5.71. The van der Waals surface area contributed by atoms with Gasteiger partial charge in [-0.2, -0.15) is 0 Å². The first-order valence-electron chi connectivity index (χ1n) is 4.96. The Bertz CT molecular complexity index is 237. The topological polar surface area (TPSA) is 63.6 Å². The predicted octanol–water partition coefficient (Wildman–Crippen LogP) is -2.51. The van der Waals surface area contributed by atoms with Gasteiger partial charge in [0.2, 0.25) is 0 Å². The second kappa shape index (κ2) is 7.83. The summed E-state index contributed by atoms with van der Waals surface area (Å²) in [7, 11) is 5.78. The molecule has 5 nitrogen and oxygen atoms in total. The number of aliphatic carboxylic acids is 1. The van der Waals surface area contributed by atoms with Gasteiger partial charge in [0.05, 0.1) is 27.6 Å². The van der Waals surface area contributed by atoms with Crippen LogP contribution in [0.5, 0.6) is 0 Å². The summed E-state index contributed by atoms with van der Waals surface area (Å²) >= 11 is 0. The fourth-order valence-electron chi connectivity index (χ4n) is 1.22. The standard InChI is InChI=1S/C10H19NO4.HI/c1-5-10(14)15-8(6-9(12)13)7-11(2,3)4;/h8H,5-7H2,1-4H3;1H/t8-;/m1./s1. The van der Waals surface area contributed by atoms with Gasteiger partial charge in [0.25, 0.3) is 0 Å². The van der Waals surface area contributed by atoms with E-state index in [-0.39, 0.29) is 42.8 Å². The van der Waals surface area contributed by atoms with Crippen LogP contribution in [0.15, 0.2) is 0 Å². The molecule has 16 heavy (non-hydrogen) atoms. The molecule has 0 aromatic carbocycles. The van der Waals surface area contributed by atoms with Gasteiger partial charge in [-0.05, 0) is 0 Å². The van der Waals surface area contributed by atoms with Crippen molar-refractivity contribution in [1.82, 2.24) is 0 Å². The average molecular weight is 345 g/mol. The van der Waals surface area contributed by atoms with Gasteiger partial charge in [-0.3, -0.25) is 9.59 Å². The van der Waals surface area contributed by atoms with Crippen molar-refractivity contribution in [3.63, 3.8) is 0 Å². The summed E-state index contributed by atoms with van der Waals surface area (Å²) in [6.45, 7) is 2.18. The summed E-state index contributed by atoms with van der Waals surface area (Å²) in [6, 6.07) is 0. The van der Waals surface area contributed by atoms with E-state index in [1.54, 1.807) is 6.92 Å².